The number of hydrogen-bond donors (Lipinski definition) is 1. The maximum Gasteiger partial charge on any atom is 0.308 e. The van der Waals surface area contributed by atoms with Crippen LogP contribution in [-0.2, 0) is 14.4 Å². The van der Waals surface area contributed by atoms with Gasteiger partial charge in [-0.15, -0.1) is 0 Å². The van der Waals surface area contributed by atoms with Crippen molar-refractivity contribution in [3.05, 3.63) is 28.8 Å². The largest absolute Gasteiger partial charge is 0.481 e. The van der Waals surface area contributed by atoms with E-state index in [1.165, 1.54) is 0 Å². The number of amides is 2. The summed E-state index contributed by atoms with van der Waals surface area (Å²) in [6.45, 7) is 8.90. The Labute approximate surface area is 153 Å². The summed E-state index contributed by atoms with van der Waals surface area (Å²) in [5.41, 5.74) is 4.11. The van der Waals surface area contributed by atoms with Crippen LogP contribution >= 0.6 is 0 Å². The van der Waals surface area contributed by atoms with Crippen LogP contribution in [0.15, 0.2) is 12.1 Å². The summed E-state index contributed by atoms with van der Waals surface area (Å²) in [6.07, 6.45) is 0.189. The lowest BCUT2D eigenvalue weighted by Gasteiger charge is -2.23. The van der Waals surface area contributed by atoms with Crippen LogP contribution in [0.4, 0.5) is 5.69 Å². The van der Waals surface area contributed by atoms with Crippen molar-refractivity contribution < 1.29 is 19.5 Å². The first-order chi connectivity index (χ1) is 12.2. The molecular formula is C20H26N2O4. The lowest BCUT2D eigenvalue weighted by molar-refractivity contribution is -0.142. The number of nitrogens with zero attached hydrogens (tertiary/aromatic N) is 2. The van der Waals surface area contributed by atoms with E-state index in [1.807, 2.05) is 39.8 Å². The molecule has 2 saturated heterocycles. The molecular weight excluding hydrogens is 332 g/mol. The fourth-order valence-corrected chi connectivity index (χ4v) is 4.41. The van der Waals surface area contributed by atoms with Gasteiger partial charge in [-0.3, -0.25) is 14.4 Å². The van der Waals surface area contributed by atoms with E-state index in [0.717, 1.165) is 22.4 Å². The van der Waals surface area contributed by atoms with E-state index >= 15 is 0 Å². The van der Waals surface area contributed by atoms with Crippen molar-refractivity contribution in [1.82, 2.24) is 4.90 Å². The Morgan fingerprint density at radius 1 is 1.08 bits per heavy atom. The van der Waals surface area contributed by atoms with Gasteiger partial charge in [0.1, 0.15) is 0 Å². The minimum atomic E-state index is -0.858. The van der Waals surface area contributed by atoms with Crippen LogP contribution in [0.5, 0.6) is 0 Å². The van der Waals surface area contributed by atoms with Crippen LogP contribution < -0.4 is 4.90 Å². The van der Waals surface area contributed by atoms with Gasteiger partial charge in [-0.25, -0.2) is 0 Å². The summed E-state index contributed by atoms with van der Waals surface area (Å²) in [5.74, 6) is -1.98. The van der Waals surface area contributed by atoms with E-state index in [4.69, 9.17) is 0 Å². The quantitative estimate of drug-likeness (QED) is 0.898. The monoisotopic (exact) mass is 358 g/mol. The van der Waals surface area contributed by atoms with Gasteiger partial charge in [0, 0.05) is 31.7 Å². The van der Waals surface area contributed by atoms with Crippen LogP contribution in [-0.4, -0.2) is 47.4 Å². The van der Waals surface area contributed by atoms with Crippen LogP contribution in [0.25, 0.3) is 0 Å². The summed E-state index contributed by atoms with van der Waals surface area (Å²) < 4.78 is 0. The van der Waals surface area contributed by atoms with Crippen LogP contribution in [0.2, 0.25) is 0 Å². The van der Waals surface area contributed by atoms with Crippen LogP contribution in [0.3, 0.4) is 0 Å². The molecule has 0 saturated carbocycles. The highest BCUT2D eigenvalue weighted by atomic mass is 16.4. The molecule has 140 valence electrons. The molecule has 1 N–H and O–H groups in total. The van der Waals surface area contributed by atoms with Gasteiger partial charge in [0.15, 0.2) is 0 Å². The van der Waals surface area contributed by atoms with Gasteiger partial charge in [0.25, 0.3) is 0 Å². The second kappa shape index (κ2) is 6.74. The molecule has 2 heterocycles. The zero-order valence-corrected chi connectivity index (χ0v) is 15.8. The van der Waals surface area contributed by atoms with Crippen molar-refractivity contribution in [3.63, 3.8) is 0 Å². The maximum absolute atomic E-state index is 12.9. The first-order valence-corrected chi connectivity index (χ1v) is 9.08. The third-order valence-electron chi connectivity index (χ3n) is 5.62. The first kappa shape index (κ1) is 18.4. The molecule has 0 aromatic heterocycles. The van der Waals surface area contributed by atoms with Crippen molar-refractivity contribution in [2.45, 2.75) is 34.1 Å². The van der Waals surface area contributed by atoms with E-state index in [-0.39, 0.29) is 30.7 Å². The zero-order valence-electron chi connectivity index (χ0n) is 15.8. The minimum absolute atomic E-state index is 0.0413. The Morgan fingerprint density at radius 2 is 1.69 bits per heavy atom. The third-order valence-corrected chi connectivity index (χ3v) is 5.62. The predicted molar refractivity (Wildman–Crippen MR) is 98.0 cm³/mol. The zero-order chi connectivity index (χ0) is 19.2. The molecule has 26 heavy (non-hydrogen) atoms. The number of carbonyl (C=O) groups is 3. The molecule has 3 rings (SSSR count). The molecule has 0 radical (unpaired) electrons. The maximum atomic E-state index is 12.9. The van der Waals surface area contributed by atoms with Gasteiger partial charge in [0.05, 0.1) is 11.8 Å². The summed E-state index contributed by atoms with van der Waals surface area (Å²) >= 11 is 0. The molecule has 0 aliphatic carbocycles. The van der Waals surface area contributed by atoms with Gasteiger partial charge in [-0.05, 0) is 37.8 Å². The van der Waals surface area contributed by atoms with Gasteiger partial charge in [0.2, 0.25) is 11.8 Å². The summed E-state index contributed by atoms with van der Waals surface area (Å²) in [7, 11) is 0. The number of carbonyl (C=O) groups excluding carboxylic acids is 2. The highest BCUT2D eigenvalue weighted by molar-refractivity contribution is 6.01. The molecule has 0 bridgehead atoms. The van der Waals surface area contributed by atoms with E-state index < -0.39 is 17.8 Å². The van der Waals surface area contributed by atoms with Crippen molar-refractivity contribution in [2.75, 3.05) is 24.5 Å². The Morgan fingerprint density at radius 3 is 2.23 bits per heavy atom. The van der Waals surface area contributed by atoms with E-state index in [1.54, 1.807) is 9.80 Å². The average molecular weight is 358 g/mol. The van der Waals surface area contributed by atoms with Crippen LogP contribution in [0.1, 0.15) is 30.0 Å². The number of aliphatic carboxylic acids is 1. The summed E-state index contributed by atoms with van der Waals surface area (Å²) in [6, 6.07) is 4.09. The summed E-state index contributed by atoms with van der Waals surface area (Å²) in [5, 5.41) is 9.26. The molecule has 1 unspecified atom stereocenters. The number of anilines is 1. The summed E-state index contributed by atoms with van der Waals surface area (Å²) in [4.78, 5) is 40.1. The van der Waals surface area contributed by atoms with Crippen molar-refractivity contribution in [2.24, 2.45) is 17.8 Å². The predicted octanol–water partition coefficient (Wildman–Crippen LogP) is 2.14. The standard InChI is InChI=1S/C20H26N2O4/c1-11-5-12(2)18(13(3)6-11)22-9-15(7-17(22)23)19(24)21-8-14(4)16(10-21)20(25)26/h5-6,14-16H,7-10H2,1-4H3,(H,25,26)/t14-,15?,16-/m1/s1. The molecule has 1 aromatic rings. The van der Waals surface area contributed by atoms with Crippen molar-refractivity contribution in [1.29, 1.82) is 0 Å². The normalized spacial score (nSPS) is 25.8. The number of carboxylic acids is 1. The Balaban J connectivity index is 1.76. The van der Waals surface area contributed by atoms with Gasteiger partial charge in [-0.2, -0.15) is 0 Å². The number of rotatable bonds is 3. The molecule has 2 amide bonds. The first-order valence-electron chi connectivity index (χ1n) is 9.08. The molecule has 2 fully saturated rings. The molecule has 1 aromatic carbocycles. The van der Waals surface area contributed by atoms with Crippen LogP contribution in [0, 0.1) is 38.5 Å². The smallest absolute Gasteiger partial charge is 0.308 e. The fourth-order valence-electron chi connectivity index (χ4n) is 4.41. The number of hydrogen-bond acceptors (Lipinski definition) is 3. The average Bonchev–Trinajstić information content (AvgIpc) is 3.09. The van der Waals surface area contributed by atoms with Gasteiger partial charge < -0.3 is 14.9 Å². The highest BCUT2D eigenvalue weighted by Crippen LogP contribution is 2.33. The molecule has 6 heteroatoms. The van der Waals surface area contributed by atoms with Gasteiger partial charge >= 0.3 is 5.97 Å². The lowest BCUT2D eigenvalue weighted by Crippen LogP contribution is -2.36. The minimum Gasteiger partial charge on any atom is -0.481 e. The van der Waals surface area contributed by atoms with Gasteiger partial charge in [-0.1, -0.05) is 24.6 Å². The highest BCUT2D eigenvalue weighted by Gasteiger charge is 2.43. The lowest BCUT2D eigenvalue weighted by atomic mass is 9.99. The van der Waals surface area contributed by atoms with Crippen molar-refractivity contribution >= 4 is 23.5 Å². The SMILES string of the molecule is Cc1cc(C)c(N2CC(C(=O)N3C[C@@H](C)[C@H](C(=O)O)C3)CC2=O)c(C)c1. The topological polar surface area (TPSA) is 77.9 Å². The third kappa shape index (κ3) is 3.20. The Kier molecular flexibility index (Phi) is 4.78. The number of benzene rings is 1. The Bertz CT molecular complexity index is 750. The second-order valence-corrected chi connectivity index (χ2v) is 7.82. The van der Waals surface area contributed by atoms with E-state index in [0.29, 0.717) is 13.1 Å². The van der Waals surface area contributed by atoms with E-state index in [2.05, 4.69) is 0 Å². The van der Waals surface area contributed by atoms with Crippen molar-refractivity contribution in [3.8, 4) is 0 Å². The second-order valence-electron chi connectivity index (χ2n) is 7.82. The molecule has 0 spiro atoms. The number of aryl methyl sites for hydroxylation is 3. The fraction of sp³-hybridized carbons (Fsp3) is 0.550. The van der Waals surface area contributed by atoms with E-state index in [9.17, 15) is 19.5 Å². The molecule has 2 aliphatic rings. The Hall–Kier alpha value is -2.37. The number of carboxylic acid groups (broad SMARTS) is 1. The molecule has 2 aliphatic heterocycles. The molecule has 6 nitrogen and oxygen atoms in total. The number of likely N-dealkylation sites (tertiary alicyclic amines) is 1. The molecule has 3 atom stereocenters.